The van der Waals surface area contributed by atoms with Crippen molar-refractivity contribution in [2.45, 2.75) is 53.1 Å². The van der Waals surface area contributed by atoms with Gasteiger partial charge in [-0.15, -0.1) is 0 Å². The average Bonchev–Trinajstić information content (AvgIpc) is 2.63. The van der Waals surface area contributed by atoms with E-state index in [2.05, 4.69) is 10.6 Å². The summed E-state index contributed by atoms with van der Waals surface area (Å²) in [5, 5.41) is 14.1. The number of aliphatic carboxylic acids is 1. The van der Waals surface area contributed by atoms with Crippen molar-refractivity contribution in [3.05, 3.63) is 30.3 Å². The highest BCUT2D eigenvalue weighted by Crippen LogP contribution is 2.17. The number of carboxylic acid groups (broad SMARTS) is 1. The molecule has 160 valence electrons. The fourth-order valence-electron chi connectivity index (χ4n) is 2.68. The maximum absolute atomic E-state index is 13.3. The van der Waals surface area contributed by atoms with Crippen molar-refractivity contribution < 1.29 is 24.3 Å². The largest absolute Gasteiger partial charge is 0.480 e. The van der Waals surface area contributed by atoms with Gasteiger partial charge in [0.05, 0.1) is 0 Å². The average molecular weight is 405 g/mol. The van der Waals surface area contributed by atoms with E-state index < -0.39 is 29.9 Å². The second-order valence-corrected chi connectivity index (χ2v) is 7.77. The third-order valence-corrected chi connectivity index (χ3v) is 4.23. The first-order chi connectivity index (χ1) is 13.5. The molecule has 1 rings (SSSR count). The van der Waals surface area contributed by atoms with Gasteiger partial charge < -0.3 is 20.6 Å². The molecule has 1 aromatic rings. The molecular formula is C21H31N3O5. The van der Waals surface area contributed by atoms with Crippen LogP contribution in [0.4, 0.5) is 5.69 Å². The summed E-state index contributed by atoms with van der Waals surface area (Å²) in [5.41, 5.74) is 0.486. The molecule has 3 N–H and O–H groups in total. The lowest BCUT2D eigenvalue weighted by Gasteiger charge is -2.30. The molecule has 0 heterocycles. The molecule has 1 aromatic carbocycles. The Morgan fingerprint density at radius 2 is 1.52 bits per heavy atom. The fraction of sp³-hybridized carbons (Fsp3) is 0.524. The van der Waals surface area contributed by atoms with Crippen LogP contribution in [0.1, 0.15) is 41.0 Å². The minimum absolute atomic E-state index is 0.145. The molecule has 29 heavy (non-hydrogen) atoms. The molecule has 0 aliphatic rings. The van der Waals surface area contributed by atoms with Gasteiger partial charge in [-0.2, -0.15) is 0 Å². The van der Waals surface area contributed by atoms with Gasteiger partial charge in [0.1, 0.15) is 18.6 Å². The van der Waals surface area contributed by atoms with E-state index in [1.807, 2.05) is 27.7 Å². The second-order valence-electron chi connectivity index (χ2n) is 7.77. The van der Waals surface area contributed by atoms with Crippen LogP contribution >= 0.6 is 0 Å². The number of hydrogen-bond donors (Lipinski definition) is 3. The lowest BCUT2D eigenvalue weighted by atomic mass is 10.0. The number of carbonyl (C=O) groups excluding carboxylic acids is 3. The van der Waals surface area contributed by atoms with Gasteiger partial charge in [0.15, 0.2) is 0 Å². The van der Waals surface area contributed by atoms with Crippen molar-refractivity contribution in [2.75, 3.05) is 11.4 Å². The van der Waals surface area contributed by atoms with Crippen LogP contribution in [0.25, 0.3) is 0 Å². The topological polar surface area (TPSA) is 116 Å². The van der Waals surface area contributed by atoms with Crippen LogP contribution in [0.5, 0.6) is 0 Å². The zero-order valence-electron chi connectivity index (χ0n) is 17.6. The third kappa shape index (κ3) is 7.93. The van der Waals surface area contributed by atoms with E-state index in [4.69, 9.17) is 5.11 Å². The van der Waals surface area contributed by atoms with Crippen LogP contribution < -0.4 is 15.5 Å². The van der Waals surface area contributed by atoms with E-state index in [1.54, 1.807) is 30.3 Å². The Hall–Kier alpha value is -2.90. The number of carbonyl (C=O) groups is 4. The van der Waals surface area contributed by atoms with Crippen molar-refractivity contribution in [2.24, 2.45) is 11.8 Å². The zero-order chi connectivity index (χ0) is 22.1. The lowest BCUT2D eigenvalue weighted by Crippen LogP contribution is -2.54. The number of rotatable bonds is 10. The molecule has 0 saturated heterocycles. The van der Waals surface area contributed by atoms with Crippen LogP contribution in [-0.4, -0.2) is 47.4 Å². The number of hydrogen-bond acceptors (Lipinski definition) is 4. The van der Waals surface area contributed by atoms with Gasteiger partial charge in [-0.3, -0.25) is 19.2 Å². The van der Waals surface area contributed by atoms with Crippen molar-refractivity contribution in [3.63, 3.8) is 0 Å². The molecule has 0 saturated carbocycles. The summed E-state index contributed by atoms with van der Waals surface area (Å²) in [5.74, 6) is -2.49. The molecule has 0 bridgehead atoms. The van der Waals surface area contributed by atoms with Crippen molar-refractivity contribution in [1.82, 2.24) is 10.6 Å². The second kappa shape index (κ2) is 11.2. The van der Waals surface area contributed by atoms with Gasteiger partial charge >= 0.3 is 5.97 Å². The number of para-hydroxylation sites is 1. The summed E-state index contributed by atoms with van der Waals surface area (Å²) in [7, 11) is 0. The Labute approximate surface area is 171 Å². The monoisotopic (exact) mass is 405 g/mol. The number of amides is 3. The van der Waals surface area contributed by atoms with E-state index in [-0.39, 0.29) is 24.3 Å². The number of anilines is 1. The summed E-state index contributed by atoms with van der Waals surface area (Å²) >= 11 is 0. The SMILES string of the molecule is CC(C)CC(=O)N[C@H](C(=O)N(CC(=O)N[C@@H](C)C(=O)O)c1ccccc1)C(C)C. The number of carboxylic acids is 1. The van der Waals surface area contributed by atoms with Crippen LogP contribution in [-0.2, 0) is 19.2 Å². The predicted octanol–water partition coefficient (Wildman–Crippen LogP) is 1.80. The van der Waals surface area contributed by atoms with Gasteiger partial charge in [-0.1, -0.05) is 45.9 Å². The van der Waals surface area contributed by atoms with E-state index in [1.165, 1.54) is 11.8 Å². The Morgan fingerprint density at radius 1 is 0.931 bits per heavy atom. The Balaban J connectivity index is 3.09. The first-order valence-electron chi connectivity index (χ1n) is 9.70. The van der Waals surface area contributed by atoms with Crippen molar-refractivity contribution >= 4 is 29.4 Å². The Kier molecular flexibility index (Phi) is 9.31. The van der Waals surface area contributed by atoms with Gasteiger partial charge in [-0.25, -0.2) is 0 Å². The van der Waals surface area contributed by atoms with Crippen molar-refractivity contribution in [1.29, 1.82) is 0 Å². The number of benzene rings is 1. The molecule has 0 fully saturated rings. The van der Waals surface area contributed by atoms with E-state index in [0.29, 0.717) is 12.1 Å². The van der Waals surface area contributed by atoms with Crippen LogP contribution in [0, 0.1) is 11.8 Å². The van der Waals surface area contributed by atoms with E-state index >= 15 is 0 Å². The number of nitrogens with one attached hydrogen (secondary N) is 2. The standard InChI is InChI=1S/C21H31N3O5/c1-13(2)11-17(25)23-19(14(3)4)20(27)24(16-9-7-6-8-10-16)12-18(26)22-15(5)21(28)29/h6-10,13-15,19H,11-12H2,1-5H3,(H,22,26)(H,23,25)(H,28,29)/t15-,19-/m0/s1. The highest BCUT2D eigenvalue weighted by molar-refractivity contribution is 6.03. The van der Waals surface area contributed by atoms with Gasteiger partial charge in [0, 0.05) is 12.1 Å². The molecule has 0 aliphatic heterocycles. The number of nitrogens with zero attached hydrogens (tertiary/aromatic N) is 1. The molecule has 8 nitrogen and oxygen atoms in total. The molecule has 0 radical (unpaired) electrons. The van der Waals surface area contributed by atoms with Gasteiger partial charge in [0.25, 0.3) is 0 Å². The van der Waals surface area contributed by atoms with Crippen LogP contribution in [0.3, 0.4) is 0 Å². The smallest absolute Gasteiger partial charge is 0.325 e. The molecule has 2 atom stereocenters. The van der Waals surface area contributed by atoms with Crippen LogP contribution in [0.15, 0.2) is 30.3 Å². The van der Waals surface area contributed by atoms with Crippen molar-refractivity contribution in [3.8, 4) is 0 Å². The molecule has 0 unspecified atom stereocenters. The minimum atomic E-state index is -1.17. The maximum Gasteiger partial charge on any atom is 0.325 e. The van der Waals surface area contributed by atoms with Gasteiger partial charge in [0.2, 0.25) is 17.7 Å². The Bertz CT molecular complexity index is 718. The third-order valence-electron chi connectivity index (χ3n) is 4.23. The van der Waals surface area contributed by atoms with Crippen LogP contribution in [0.2, 0.25) is 0 Å². The summed E-state index contributed by atoms with van der Waals surface area (Å²) < 4.78 is 0. The van der Waals surface area contributed by atoms with Gasteiger partial charge in [-0.05, 0) is 30.9 Å². The molecule has 0 spiro atoms. The first-order valence-corrected chi connectivity index (χ1v) is 9.70. The molecule has 0 aromatic heterocycles. The fourth-order valence-corrected chi connectivity index (χ4v) is 2.68. The summed E-state index contributed by atoms with van der Waals surface area (Å²) in [6.07, 6.45) is 0.290. The summed E-state index contributed by atoms with van der Waals surface area (Å²) in [6, 6.07) is 6.71. The molecule has 8 heteroatoms. The highest BCUT2D eigenvalue weighted by atomic mass is 16.4. The Morgan fingerprint density at radius 3 is 2.00 bits per heavy atom. The predicted molar refractivity (Wildman–Crippen MR) is 110 cm³/mol. The summed E-state index contributed by atoms with van der Waals surface area (Å²) in [6.45, 7) is 8.44. The molecule has 0 aliphatic carbocycles. The van der Waals surface area contributed by atoms with E-state index in [9.17, 15) is 19.2 Å². The minimum Gasteiger partial charge on any atom is -0.480 e. The maximum atomic E-state index is 13.3. The highest BCUT2D eigenvalue weighted by Gasteiger charge is 2.31. The normalized spacial score (nSPS) is 12.9. The van der Waals surface area contributed by atoms with E-state index in [0.717, 1.165) is 0 Å². The lowest BCUT2D eigenvalue weighted by molar-refractivity contribution is -0.141. The molecule has 3 amide bonds. The molecular weight excluding hydrogens is 374 g/mol. The summed E-state index contributed by atoms with van der Waals surface area (Å²) in [4.78, 5) is 50.1. The zero-order valence-corrected chi connectivity index (χ0v) is 17.6. The first kappa shape index (κ1) is 24.1. The quantitative estimate of drug-likeness (QED) is 0.549.